The molecule has 19 nitrogen and oxygen atoms in total. The van der Waals surface area contributed by atoms with Crippen LogP contribution in [0.5, 0.6) is 0 Å². The summed E-state index contributed by atoms with van der Waals surface area (Å²) in [5.41, 5.74) is 0. The highest BCUT2D eigenvalue weighted by Gasteiger charge is 2.53. The van der Waals surface area contributed by atoms with Gasteiger partial charge in [-0.3, -0.25) is 4.79 Å². The van der Waals surface area contributed by atoms with Gasteiger partial charge in [0.15, 0.2) is 18.9 Å². The van der Waals surface area contributed by atoms with Gasteiger partial charge in [-0.25, -0.2) is 0 Å². The molecule has 0 spiro atoms. The van der Waals surface area contributed by atoms with Crippen LogP contribution >= 0.6 is 0 Å². The molecule has 1 amide bonds. The van der Waals surface area contributed by atoms with Gasteiger partial charge in [0.2, 0.25) is 5.91 Å². The van der Waals surface area contributed by atoms with Gasteiger partial charge < -0.3 is 89.9 Å². The van der Waals surface area contributed by atoms with E-state index in [4.69, 9.17) is 28.4 Å². The first-order valence-electron chi connectivity index (χ1n) is 38.2. The third-order valence-electron chi connectivity index (χ3n) is 19.2. The molecule has 3 rings (SSSR count). The van der Waals surface area contributed by atoms with Crippen molar-refractivity contribution in [3.63, 3.8) is 0 Å². The number of ether oxygens (including phenoxy) is 6. The number of aliphatic hydroxyl groups excluding tert-OH is 11. The minimum Gasteiger partial charge on any atom is -0.394 e. The summed E-state index contributed by atoms with van der Waals surface area (Å²) in [7, 11) is 0. The number of hydrogen-bond donors (Lipinski definition) is 12. The standard InChI is InChI=1S/C75H139NO18/c1-3-5-7-9-11-13-15-17-19-21-22-23-24-25-26-27-28-29-30-31-32-33-34-35-37-38-40-42-44-46-48-50-52-59(80)58(76-63(81)53-51-49-47-45-43-41-39-36-20-18-16-14-12-10-8-6-4-2)57-89-73-69(87)66(84)71(61(55-78)91-73)94-75-70(88)67(85)72(62(56-79)92-75)93-74-68(86)65(83)64(82)60(54-77)90-74/h6,8,12,14,18,20,58-62,64-75,77-80,82-88H,3-5,7,9-11,13,15-17,19,21-57H2,1-2H3,(H,76,81)/b8-6-,14-12-,20-18-. The third kappa shape index (κ3) is 37.4. The second kappa shape index (κ2) is 56.7. The van der Waals surface area contributed by atoms with E-state index in [1.165, 1.54) is 180 Å². The summed E-state index contributed by atoms with van der Waals surface area (Å²) >= 11 is 0. The summed E-state index contributed by atoms with van der Waals surface area (Å²) in [6.45, 7) is 1.71. The Hall–Kier alpha value is -1.99. The first-order chi connectivity index (χ1) is 45.8. The Morgan fingerprint density at radius 1 is 0.394 bits per heavy atom. The van der Waals surface area contributed by atoms with Gasteiger partial charge in [-0.15, -0.1) is 0 Å². The van der Waals surface area contributed by atoms with E-state index < -0.39 is 124 Å². The topological polar surface area (TPSA) is 307 Å². The molecule has 17 unspecified atom stereocenters. The zero-order valence-corrected chi connectivity index (χ0v) is 58.7. The molecule has 19 heteroatoms. The smallest absolute Gasteiger partial charge is 0.220 e. The maximum Gasteiger partial charge on any atom is 0.220 e. The quantitative estimate of drug-likeness (QED) is 0.0199. The molecule has 3 saturated heterocycles. The summed E-state index contributed by atoms with van der Waals surface area (Å²) in [6.07, 6.45) is 41.0. The van der Waals surface area contributed by atoms with E-state index in [1.807, 2.05) is 0 Å². The molecule has 0 aromatic heterocycles. The molecule has 0 bridgehead atoms. The van der Waals surface area contributed by atoms with Gasteiger partial charge in [-0.2, -0.15) is 0 Å². The third-order valence-corrected chi connectivity index (χ3v) is 19.2. The van der Waals surface area contributed by atoms with Crippen LogP contribution in [0.1, 0.15) is 303 Å². The van der Waals surface area contributed by atoms with Crippen molar-refractivity contribution in [3.05, 3.63) is 36.5 Å². The molecular weight excluding hydrogens is 1200 g/mol. The molecule has 94 heavy (non-hydrogen) atoms. The Morgan fingerprint density at radius 2 is 0.734 bits per heavy atom. The molecule has 0 aliphatic carbocycles. The lowest BCUT2D eigenvalue weighted by atomic mass is 9.96. The van der Waals surface area contributed by atoms with E-state index in [-0.39, 0.29) is 18.9 Å². The second-order valence-corrected chi connectivity index (χ2v) is 27.4. The highest BCUT2D eigenvalue weighted by Crippen LogP contribution is 2.33. The second-order valence-electron chi connectivity index (χ2n) is 27.4. The van der Waals surface area contributed by atoms with Gasteiger partial charge >= 0.3 is 0 Å². The SMILES string of the molecule is CC/C=C\C/C=C\C/C=C\CCCCCCCCCC(=O)NC(COC1OC(CO)C(OC2OC(CO)C(OC3OC(CO)C(O)C(O)C3O)C(O)C2O)C(O)C1O)C(O)CCCCCCCCCCCCCCCCCCCCCCCCCCCCCCCCCC. The molecular formula is C75H139NO18. The zero-order valence-electron chi connectivity index (χ0n) is 58.7. The van der Waals surface area contributed by atoms with Crippen molar-refractivity contribution in [1.82, 2.24) is 5.32 Å². The first kappa shape index (κ1) is 86.2. The van der Waals surface area contributed by atoms with Crippen LogP contribution in [0.15, 0.2) is 36.5 Å². The number of carbonyl (C=O) groups is 1. The Labute approximate surface area is 568 Å². The summed E-state index contributed by atoms with van der Waals surface area (Å²) in [4.78, 5) is 13.4. The lowest BCUT2D eigenvalue weighted by Crippen LogP contribution is -2.66. The van der Waals surface area contributed by atoms with Crippen LogP contribution in [0, 0.1) is 0 Å². The minimum absolute atomic E-state index is 0.250. The number of unbranched alkanes of at least 4 members (excludes halogenated alkanes) is 38. The van der Waals surface area contributed by atoms with Gasteiger partial charge in [-0.1, -0.05) is 288 Å². The first-order valence-corrected chi connectivity index (χ1v) is 38.2. The van der Waals surface area contributed by atoms with E-state index in [2.05, 4.69) is 55.6 Å². The fourth-order valence-electron chi connectivity index (χ4n) is 13.1. The van der Waals surface area contributed by atoms with Gasteiger partial charge in [0, 0.05) is 6.42 Å². The van der Waals surface area contributed by atoms with Crippen molar-refractivity contribution in [1.29, 1.82) is 0 Å². The van der Waals surface area contributed by atoms with E-state index >= 15 is 0 Å². The van der Waals surface area contributed by atoms with E-state index in [1.54, 1.807) is 0 Å². The van der Waals surface area contributed by atoms with Crippen molar-refractivity contribution < 1.29 is 89.4 Å². The van der Waals surface area contributed by atoms with Crippen molar-refractivity contribution in [2.45, 2.75) is 407 Å². The van der Waals surface area contributed by atoms with Crippen molar-refractivity contribution >= 4 is 5.91 Å². The Balaban J connectivity index is 1.36. The van der Waals surface area contributed by atoms with Crippen LogP contribution in [0.3, 0.4) is 0 Å². The van der Waals surface area contributed by atoms with Gasteiger partial charge in [0.05, 0.1) is 38.6 Å². The van der Waals surface area contributed by atoms with Crippen molar-refractivity contribution in [2.75, 3.05) is 26.4 Å². The normalized spacial score (nSPS) is 27.5. The highest BCUT2D eigenvalue weighted by molar-refractivity contribution is 5.76. The van der Waals surface area contributed by atoms with Crippen LogP contribution in [0.2, 0.25) is 0 Å². The van der Waals surface area contributed by atoms with E-state index in [0.717, 1.165) is 89.9 Å². The van der Waals surface area contributed by atoms with Crippen LogP contribution < -0.4 is 5.32 Å². The molecule has 0 aromatic carbocycles. The predicted octanol–water partition coefficient (Wildman–Crippen LogP) is 11.6. The fraction of sp³-hybridized carbons (Fsp3) is 0.907. The number of carbonyl (C=O) groups excluding carboxylic acids is 1. The molecule has 17 atom stereocenters. The lowest BCUT2D eigenvalue weighted by Gasteiger charge is -2.48. The molecule has 12 N–H and O–H groups in total. The molecule has 3 aliphatic heterocycles. The lowest BCUT2D eigenvalue weighted by molar-refractivity contribution is -0.379. The maximum atomic E-state index is 13.4. The van der Waals surface area contributed by atoms with Gasteiger partial charge in [0.25, 0.3) is 0 Å². The number of amides is 1. The fourth-order valence-corrected chi connectivity index (χ4v) is 13.1. The number of rotatable bonds is 60. The van der Waals surface area contributed by atoms with Crippen molar-refractivity contribution in [3.8, 4) is 0 Å². The van der Waals surface area contributed by atoms with Crippen molar-refractivity contribution in [2.24, 2.45) is 0 Å². The van der Waals surface area contributed by atoms with Gasteiger partial charge in [0.1, 0.15) is 73.2 Å². The summed E-state index contributed by atoms with van der Waals surface area (Å²) in [5.74, 6) is -0.250. The number of aliphatic hydroxyl groups is 11. The molecule has 552 valence electrons. The molecule has 0 saturated carbocycles. The molecule has 3 fully saturated rings. The maximum absolute atomic E-state index is 13.4. The monoisotopic (exact) mass is 1340 g/mol. The molecule has 0 radical (unpaired) electrons. The Bertz CT molecular complexity index is 1840. The zero-order chi connectivity index (χ0) is 68.2. The minimum atomic E-state index is -1.97. The number of hydrogen-bond acceptors (Lipinski definition) is 18. The predicted molar refractivity (Wildman–Crippen MR) is 369 cm³/mol. The Morgan fingerprint density at radius 3 is 1.15 bits per heavy atom. The number of nitrogens with one attached hydrogen (secondary N) is 1. The van der Waals surface area contributed by atoms with Crippen LogP contribution in [-0.2, 0) is 33.2 Å². The largest absolute Gasteiger partial charge is 0.394 e. The molecule has 3 heterocycles. The van der Waals surface area contributed by atoms with E-state index in [0.29, 0.717) is 12.8 Å². The average Bonchev–Trinajstić information content (AvgIpc) is 0.787. The number of allylic oxidation sites excluding steroid dienone is 6. The van der Waals surface area contributed by atoms with E-state index in [9.17, 15) is 61.0 Å². The highest BCUT2D eigenvalue weighted by atomic mass is 16.8. The molecule has 0 aromatic rings. The Kier molecular flexibility index (Phi) is 52.0. The van der Waals surface area contributed by atoms with Crippen LogP contribution in [-0.4, -0.2) is 193 Å². The average molecular weight is 1340 g/mol. The summed E-state index contributed by atoms with van der Waals surface area (Å²) in [5, 5.41) is 121. The molecule has 3 aliphatic rings. The van der Waals surface area contributed by atoms with Gasteiger partial charge in [-0.05, 0) is 44.9 Å². The summed E-state index contributed by atoms with van der Waals surface area (Å²) in [6, 6.07) is -0.894. The van der Waals surface area contributed by atoms with Crippen LogP contribution in [0.4, 0.5) is 0 Å². The van der Waals surface area contributed by atoms with Crippen LogP contribution in [0.25, 0.3) is 0 Å². The summed E-state index contributed by atoms with van der Waals surface area (Å²) < 4.78 is 34.5.